The average Bonchev–Trinajstić information content (AvgIpc) is 2.78. The van der Waals surface area contributed by atoms with Crippen molar-refractivity contribution in [2.24, 2.45) is 0 Å². The van der Waals surface area contributed by atoms with Crippen molar-refractivity contribution in [3.63, 3.8) is 0 Å². The smallest absolute Gasteiger partial charge is 0.332 e. The minimum Gasteiger partial charge on any atom is -0.479 e. The highest BCUT2D eigenvalue weighted by Gasteiger charge is 2.20. The summed E-state index contributed by atoms with van der Waals surface area (Å²) in [5, 5.41) is 11.2. The second-order valence-electron chi connectivity index (χ2n) is 3.56. The number of furan rings is 1. The first kappa shape index (κ1) is 13.2. The van der Waals surface area contributed by atoms with E-state index < -0.39 is 18.2 Å². The average molecular weight is 241 g/mol. The molecule has 1 aromatic rings. The Morgan fingerprint density at radius 3 is 2.71 bits per heavy atom. The van der Waals surface area contributed by atoms with Gasteiger partial charge in [0.25, 0.3) is 0 Å². The number of hydrogen-bond donors (Lipinski definition) is 2. The summed E-state index contributed by atoms with van der Waals surface area (Å²) in [5.41, 5.74) is 0. The summed E-state index contributed by atoms with van der Waals surface area (Å²) in [6.07, 6.45) is -0.330. The van der Waals surface area contributed by atoms with Crippen molar-refractivity contribution in [1.29, 1.82) is 0 Å². The van der Waals surface area contributed by atoms with Crippen molar-refractivity contribution >= 4 is 11.9 Å². The predicted octanol–water partition coefficient (Wildman–Crippen LogP) is 0.774. The molecule has 1 heterocycles. The number of amides is 1. The van der Waals surface area contributed by atoms with E-state index in [-0.39, 0.29) is 12.5 Å². The monoisotopic (exact) mass is 241 g/mol. The van der Waals surface area contributed by atoms with E-state index in [9.17, 15) is 9.59 Å². The molecule has 0 aliphatic carbocycles. The van der Waals surface area contributed by atoms with E-state index in [1.807, 2.05) is 0 Å². The molecule has 6 heteroatoms. The highest BCUT2D eigenvalue weighted by atomic mass is 16.5. The quantitative estimate of drug-likeness (QED) is 0.768. The molecule has 0 radical (unpaired) electrons. The largest absolute Gasteiger partial charge is 0.479 e. The number of nitrogens with one attached hydrogen (secondary N) is 1. The number of ether oxygens (including phenoxy) is 1. The Hall–Kier alpha value is -1.82. The first-order chi connectivity index (χ1) is 8.00. The molecular formula is C11H15NO5. The van der Waals surface area contributed by atoms with Crippen LogP contribution in [0.2, 0.25) is 0 Å². The fraction of sp³-hybridized carbons (Fsp3) is 0.455. The third-order valence-electron chi connectivity index (χ3n) is 2.14. The summed E-state index contributed by atoms with van der Waals surface area (Å²) < 4.78 is 10.0. The zero-order chi connectivity index (χ0) is 12.8. The molecule has 17 heavy (non-hydrogen) atoms. The number of aliphatic carboxylic acids is 1. The second kappa shape index (κ2) is 6.05. The molecule has 1 amide bonds. The van der Waals surface area contributed by atoms with Crippen LogP contribution in [0.3, 0.4) is 0 Å². The van der Waals surface area contributed by atoms with Crippen molar-refractivity contribution in [1.82, 2.24) is 5.32 Å². The lowest BCUT2D eigenvalue weighted by molar-refractivity contribution is -0.155. The molecule has 0 aliphatic heterocycles. The Kier molecular flexibility index (Phi) is 4.71. The number of hydrogen-bond acceptors (Lipinski definition) is 4. The van der Waals surface area contributed by atoms with Crippen molar-refractivity contribution in [2.75, 3.05) is 0 Å². The molecule has 1 unspecified atom stereocenters. The number of carbonyl (C=O) groups excluding carboxylic acids is 1. The van der Waals surface area contributed by atoms with Gasteiger partial charge in [0.15, 0.2) is 6.10 Å². The second-order valence-corrected chi connectivity index (χ2v) is 3.56. The van der Waals surface area contributed by atoms with Crippen molar-refractivity contribution in [3.05, 3.63) is 24.2 Å². The molecule has 6 nitrogen and oxygen atoms in total. The van der Waals surface area contributed by atoms with Gasteiger partial charge in [-0.15, -0.1) is 0 Å². The predicted molar refractivity (Wildman–Crippen MR) is 58.2 cm³/mol. The molecule has 0 aliphatic rings. The number of carboxylic acid groups (broad SMARTS) is 1. The Labute approximate surface area is 98.6 Å². The molecule has 0 aromatic carbocycles. The van der Waals surface area contributed by atoms with E-state index in [2.05, 4.69) is 5.32 Å². The van der Waals surface area contributed by atoms with Crippen LogP contribution in [0.1, 0.15) is 19.6 Å². The van der Waals surface area contributed by atoms with Crippen molar-refractivity contribution < 1.29 is 23.8 Å². The van der Waals surface area contributed by atoms with Gasteiger partial charge < -0.3 is 19.6 Å². The van der Waals surface area contributed by atoms with Crippen LogP contribution in [0.15, 0.2) is 22.8 Å². The Balaban J connectivity index is 2.34. The van der Waals surface area contributed by atoms with Crippen LogP contribution in [0.5, 0.6) is 0 Å². The summed E-state index contributed by atoms with van der Waals surface area (Å²) in [6.45, 7) is 3.12. The Bertz CT molecular complexity index is 373. The molecule has 0 bridgehead atoms. The lowest BCUT2D eigenvalue weighted by Gasteiger charge is -2.15. The summed E-state index contributed by atoms with van der Waals surface area (Å²) in [6, 6.07) is 3.44. The molecule has 1 aromatic heterocycles. The van der Waals surface area contributed by atoms with Crippen molar-refractivity contribution in [2.45, 2.75) is 32.6 Å². The topological polar surface area (TPSA) is 88.8 Å². The summed E-state index contributed by atoms with van der Waals surface area (Å²) in [7, 11) is 0. The van der Waals surface area contributed by atoms with Gasteiger partial charge in [-0.1, -0.05) is 0 Å². The van der Waals surface area contributed by atoms with Crippen LogP contribution in [0, 0.1) is 0 Å². The van der Waals surface area contributed by atoms with Crippen LogP contribution in [-0.2, 0) is 20.9 Å². The lowest BCUT2D eigenvalue weighted by atomic mass is 10.3. The SMILES string of the molecule is CC(O[C@@H](C)C(=O)O)C(=O)NCc1ccco1. The van der Waals surface area contributed by atoms with Crippen LogP contribution in [0.4, 0.5) is 0 Å². The maximum Gasteiger partial charge on any atom is 0.332 e. The van der Waals surface area contributed by atoms with Gasteiger partial charge in [0.2, 0.25) is 5.91 Å². The van der Waals surface area contributed by atoms with E-state index in [0.29, 0.717) is 5.76 Å². The normalized spacial score (nSPS) is 14.0. The summed E-state index contributed by atoms with van der Waals surface area (Å²) >= 11 is 0. The standard InChI is InChI=1S/C11H15NO5/c1-7(17-8(2)11(14)15)10(13)12-6-9-4-3-5-16-9/h3-5,7-8H,6H2,1-2H3,(H,12,13)(H,14,15)/t7?,8-/m0/s1. The number of rotatable bonds is 6. The van der Waals surface area contributed by atoms with E-state index in [1.165, 1.54) is 20.1 Å². The van der Waals surface area contributed by atoms with Gasteiger partial charge in [-0.2, -0.15) is 0 Å². The molecule has 94 valence electrons. The molecule has 1 rings (SSSR count). The third-order valence-corrected chi connectivity index (χ3v) is 2.14. The van der Waals surface area contributed by atoms with Gasteiger partial charge in [-0.05, 0) is 26.0 Å². The lowest BCUT2D eigenvalue weighted by Crippen LogP contribution is -2.37. The molecule has 2 atom stereocenters. The molecular weight excluding hydrogens is 226 g/mol. The highest BCUT2D eigenvalue weighted by molar-refractivity contribution is 5.81. The van der Waals surface area contributed by atoms with Crippen molar-refractivity contribution in [3.8, 4) is 0 Å². The van der Waals surface area contributed by atoms with Gasteiger partial charge in [0.1, 0.15) is 11.9 Å². The Morgan fingerprint density at radius 2 is 2.18 bits per heavy atom. The van der Waals surface area contributed by atoms with Gasteiger partial charge in [-0.25, -0.2) is 4.79 Å². The first-order valence-corrected chi connectivity index (χ1v) is 5.19. The van der Waals surface area contributed by atoms with E-state index >= 15 is 0 Å². The maximum absolute atomic E-state index is 11.5. The van der Waals surface area contributed by atoms with E-state index in [4.69, 9.17) is 14.3 Å². The van der Waals surface area contributed by atoms with Crippen LogP contribution in [-0.4, -0.2) is 29.2 Å². The van der Waals surface area contributed by atoms with Crippen LogP contribution in [0.25, 0.3) is 0 Å². The fourth-order valence-electron chi connectivity index (χ4n) is 1.16. The van der Waals surface area contributed by atoms with E-state index in [1.54, 1.807) is 12.1 Å². The summed E-state index contributed by atoms with van der Waals surface area (Å²) in [4.78, 5) is 22.1. The zero-order valence-electron chi connectivity index (χ0n) is 9.67. The van der Waals surface area contributed by atoms with Crippen LogP contribution >= 0.6 is 0 Å². The maximum atomic E-state index is 11.5. The van der Waals surface area contributed by atoms with Gasteiger partial charge in [0.05, 0.1) is 12.8 Å². The Morgan fingerprint density at radius 1 is 1.47 bits per heavy atom. The van der Waals surface area contributed by atoms with Crippen LogP contribution < -0.4 is 5.32 Å². The fourth-order valence-corrected chi connectivity index (χ4v) is 1.16. The zero-order valence-corrected chi connectivity index (χ0v) is 9.67. The van der Waals surface area contributed by atoms with Gasteiger partial charge >= 0.3 is 5.97 Å². The first-order valence-electron chi connectivity index (χ1n) is 5.19. The molecule has 0 spiro atoms. The highest BCUT2D eigenvalue weighted by Crippen LogP contribution is 2.01. The molecule has 0 saturated carbocycles. The minimum atomic E-state index is -1.10. The number of carbonyl (C=O) groups is 2. The number of carboxylic acids is 1. The molecule has 2 N–H and O–H groups in total. The minimum absolute atomic E-state index is 0.251. The van der Waals surface area contributed by atoms with E-state index in [0.717, 1.165) is 0 Å². The summed E-state index contributed by atoms with van der Waals surface area (Å²) in [5.74, 6) is -0.859. The molecule has 0 fully saturated rings. The third kappa shape index (κ3) is 4.28. The van der Waals surface area contributed by atoms with Gasteiger partial charge in [0, 0.05) is 0 Å². The van der Waals surface area contributed by atoms with Gasteiger partial charge in [-0.3, -0.25) is 4.79 Å². The molecule has 0 saturated heterocycles.